The Morgan fingerprint density at radius 1 is 1.55 bits per heavy atom. The van der Waals surface area contributed by atoms with E-state index in [2.05, 4.69) is 0 Å². The highest BCUT2D eigenvalue weighted by molar-refractivity contribution is 5.96. The van der Waals surface area contributed by atoms with Crippen LogP contribution in [0.2, 0.25) is 0 Å². The van der Waals surface area contributed by atoms with Crippen LogP contribution in [-0.4, -0.2) is 18.2 Å². The van der Waals surface area contributed by atoms with Crippen molar-refractivity contribution >= 4 is 11.6 Å². The maximum Gasteiger partial charge on any atom is 0.137 e. The van der Waals surface area contributed by atoms with Gasteiger partial charge in [-0.2, -0.15) is 0 Å². The average molecular weight is 156 g/mol. The van der Waals surface area contributed by atoms with Crippen LogP contribution in [0, 0.1) is 17.2 Å². The molecule has 5 N–H and O–H groups in total. The maximum absolute atomic E-state index is 10.8. The second-order valence-electron chi connectivity index (χ2n) is 2.48. The molecule has 0 aliphatic heterocycles. The number of rotatable bonds is 4. The number of ketones is 1. The molecule has 63 valence electrons. The summed E-state index contributed by atoms with van der Waals surface area (Å²) in [6.07, 6.45) is 0. The Bertz CT molecular complexity index is 167. The third-order valence-electron chi connectivity index (χ3n) is 1.69. The fourth-order valence-electron chi connectivity index (χ4n) is 0.782. The predicted octanol–water partition coefficient (Wildman–Crippen LogP) is -0.319. The summed E-state index contributed by atoms with van der Waals surface area (Å²) in [5.74, 6) is 0.0725. The van der Waals surface area contributed by atoms with Crippen molar-refractivity contribution in [2.24, 2.45) is 17.4 Å². The van der Waals surface area contributed by atoms with Gasteiger partial charge in [0.25, 0.3) is 0 Å². The fraction of sp³-hybridized carbons (Fsp3) is 0.571. The summed E-state index contributed by atoms with van der Waals surface area (Å²) in [7, 11) is 0. The Kier molecular flexibility index (Phi) is 3.74. The van der Waals surface area contributed by atoms with Crippen molar-refractivity contribution in [1.82, 2.24) is 0 Å². The van der Waals surface area contributed by atoms with Crippen LogP contribution in [0.1, 0.15) is 13.8 Å². The van der Waals surface area contributed by atoms with Gasteiger partial charge in [-0.3, -0.25) is 10.2 Å². The normalized spacial score (nSPS) is 13.1. The number of Topliss-reactive ketones (excluding diaryl/α,β-unsaturated/α-hetero) is 1. The standard InChI is InChI=1S/C7H14N3O/c1-4(5(2)11)6(3-8)7(9)10/h6H,3,8H2,1-2H3,(H3,9,10). The van der Waals surface area contributed by atoms with E-state index in [1.807, 2.05) is 0 Å². The second-order valence-corrected chi connectivity index (χ2v) is 2.48. The van der Waals surface area contributed by atoms with Gasteiger partial charge in [0.1, 0.15) is 5.78 Å². The van der Waals surface area contributed by atoms with Gasteiger partial charge in [0.15, 0.2) is 0 Å². The van der Waals surface area contributed by atoms with Crippen molar-refractivity contribution in [3.05, 3.63) is 5.92 Å². The molecule has 0 saturated carbocycles. The molecule has 0 aliphatic rings. The van der Waals surface area contributed by atoms with Crippen molar-refractivity contribution in [3.8, 4) is 0 Å². The molecule has 4 nitrogen and oxygen atoms in total. The van der Waals surface area contributed by atoms with E-state index in [9.17, 15) is 4.79 Å². The van der Waals surface area contributed by atoms with E-state index < -0.39 is 0 Å². The molecule has 0 aromatic rings. The molecule has 0 amide bonds. The molecular formula is C7H14N3O. The summed E-state index contributed by atoms with van der Waals surface area (Å²) in [5, 5.41) is 7.10. The van der Waals surface area contributed by atoms with E-state index in [1.54, 1.807) is 6.92 Å². The molecule has 0 rings (SSSR count). The number of carbonyl (C=O) groups excluding carboxylic acids is 1. The lowest BCUT2D eigenvalue weighted by molar-refractivity contribution is -0.115. The van der Waals surface area contributed by atoms with Gasteiger partial charge in [-0.1, -0.05) is 6.92 Å². The second kappa shape index (κ2) is 4.08. The maximum atomic E-state index is 10.8. The number of hydrogen-bond donors (Lipinski definition) is 3. The van der Waals surface area contributed by atoms with Gasteiger partial charge in [-0.05, 0) is 6.92 Å². The van der Waals surface area contributed by atoms with Crippen molar-refractivity contribution in [1.29, 1.82) is 5.41 Å². The lowest BCUT2D eigenvalue weighted by Gasteiger charge is -2.17. The molecule has 0 bridgehead atoms. The monoisotopic (exact) mass is 156 g/mol. The van der Waals surface area contributed by atoms with E-state index in [-0.39, 0.29) is 24.1 Å². The van der Waals surface area contributed by atoms with E-state index in [1.165, 1.54) is 6.92 Å². The lowest BCUT2D eigenvalue weighted by Crippen LogP contribution is -2.35. The Labute approximate surface area is 66.5 Å². The summed E-state index contributed by atoms with van der Waals surface area (Å²) in [6.45, 7) is 3.32. The topological polar surface area (TPSA) is 93.0 Å². The zero-order valence-corrected chi connectivity index (χ0v) is 6.85. The molecule has 0 heterocycles. The van der Waals surface area contributed by atoms with E-state index in [0.29, 0.717) is 5.92 Å². The number of carbonyl (C=O) groups is 1. The van der Waals surface area contributed by atoms with Gasteiger partial charge in [0, 0.05) is 18.4 Å². The summed E-state index contributed by atoms with van der Waals surface area (Å²) in [6, 6.07) is 0. The van der Waals surface area contributed by atoms with Crippen molar-refractivity contribution < 1.29 is 4.79 Å². The number of amidine groups is 1. The number of nitrogens with one attached hydrogen (secondary N) is 1. The lowest BCUT2D eigenvalue weighted by atomic mass is 9.90. The van der Waals surface area contributed by atoms with Crippen LogP contribution < -0.4 is 11.5 Å². The minimum Gasteiger partial charge on any atom is -0.387 e. The zero-order valence-electron chi connectivity index (χ0n) is 6.85. The quantitative estimate of drug-likeness (QED) is 0.384. The summed E-state index contributed by atoms with van der Waals surface area (Å²) in [4.78, 5) is 10.8. The summed E-state index contributed by atoms with van der Waals surface area (Å²) < 4.78 is 0. The largest absolute Gasteiger partial charge is 0.387 e. The van der Waals surface area contributed by atoms with Crippen LogP contribution in [0.25, 0.3) is 0 Å². The first-order chi connectivity index (χ1) is 5.00. The number of nitrogens with two attached hydrogens (primary N) is 2. The first-order valence-corrected chi connectivity index (χ1v) is 3.39. The Morgan fingerprint density at radius 2 is 2.00 bits per heavy atom. The van der Waals surface area contributed by atoms with Gasteiger partial charge in [0.05, 0.1) is 5.84 Å². The van der Waals surface area contributed by atoms with Crippen molar-refractivity contribution in [2.45, 2.75) is 13.8 Å². The highest BCUT2D eigenvalue weighted by Gasteiger charge is 2.22. The highest BCUT2D eigenvalue weighted by atomic mass is 16.1. The molecule has 0 aromatic heterocycles. The Morgan fingerprint density at radius 3 is 2.09 bits per heavy atom. The molecule has 0 fully saturated rings. The molecule has 1 radical (unpaired) electrons. The first kappa shape index (κ1) is 10.1. The zero-order chi connectivity index (χ0) is 9.02. The highest BCUT2D eigenvalue weighted by Crippen LogP contribution is 2.12. The smallest absolute Gasteiger partial charge is 0.137 e. The fourth-order valence-corrected chi connectivity index (χ4v) is 0.782. The van der Waals surface area contributed by atoms with Crippen LogP contribution in [-0.2, 0) is 4.79 Å². The Hall–Kier alpha value is -0.900. The van der Waals surface area contributed by atoms with Crippen LogP contribution in [0.5, 0.6) is 0 Å². The molecule has 0 aromatic carbocycles. The predicted molar refractivity (Wildman–Crippen MR) is 44.1 cm³/mol. The van der Waals surface area contributed by atoms with Gasteiger partial charge >= 0.3 is 0 Å². The number of hydrogen-bond acceptors (Lipinski definition) is 3. The van der Waals surface area contributed by atoms with Crippen molar-refractivity contribution in [2.75, 3.05) is 6.54 Å². The minimum absolute atomic E-state index is 0.0415. The van der Waals surface area contributed by atoms with Crippen molar-refractivity contribution in [3.63, 3.8) is 0 Å². The molecule has 4 heteroatoms. The minimum atomic E-state index is -0.382. The average Bonchev–Trinajstić information content (AvgIpc) is 1.88. The van der Waals surface area contributed by atoms with Crippen LogP contribution in [0.15, 0.2) is 0 Å². The van der Waals surface area contributed by atoms with Crippen LogP contribution >= 0.6 is 0 Å². The van der Waals surface area contributed by atoms with Gasteiger partial charge in [-0.15, -0.1) is 0 Å². The van der Waals surface area contributed by atoms with E-state index in [4.69, 9.17) is 16.9 Å². The van der Waals surface area contributed by atoms with E-state index in [0.717, 1.165) is 0 Å². The molecule has 0 spiro atoms. The molecule has 0 aliphatic carbocycles. The third kappa shape index (κ3) is 2.67. The summed E-state index contributed by atoms with van der Waals surface area (Å²) >= 11 is 0. The van der Waals surface area contributed by atoms with Gasteiger partial charge in [-0.25, -0.2) is 0 Å². The SMILES string of the molecule is C[C](C(C)=O)C(CN)C(=N)N. The molecule has 1 atom stereocenters. The van der Waals surface area contributed by atoms with E-state index >= 15 is 0 Å². The van der Waals surface area contributed by atoms with Crippen LogP contribution in [0.4, 0.5) is 0 Å². The van der Waals surface area contributed by atoms with Gasteiger partial charge < -0.3 is 11.5 Å². The summed E-state index contributed by atoms with van der Waals surface area (Å²) in [5.41, 5.74) is 10.5. The Balaban J connectivity index is 4.25. The molecule has 11 heavy (non-hydrogen) atoms. The van der Waals surface area contributed by atoms with Gasteiger partial charge in [0.2, 0.25) is 0 Å². The first-order valence-electron chi connectivity index (χ1n) is 3.39. The molecule has 0 saturated heterocycles. The molecule has 1 unspecified atom stereocenters. The molecular weight excluding hydrogens is 142 g/mol. The van der Waals surface area contributed by atoms with Crippen LogP contribution in [0.3, 0.4) is 0 Å². The third-order valence-corrected chi connectivity index (χ3v) is 1.69.